The smallest absolute Gasteiger partial charge is 0.242 e. The van der Waals surface area contributed by atoms with Crippen molar-refractivity contribution in [2.75, 3.05) is 17.7 Å². The van der Waals surface area contributed by atoms with Crippen molar-refractivity contribution in [3.05, 3.63) is 24.3 Å². The molecule has 0 aliphatic heterocycles. The van der Waals surface area contributed by atoms with E-state index in [1.54, 1.807) is 0 Å². The van der Waals surface area contributed by atoms with Crippen molar-refractivity contribution in [3.63, 3.8) is 0 Å². The highest BCUT2D eigenvalue weighted by molar-refractivity contribution is 5.86. The summed E-state index contributed by atoms with van der Waals surface area (Å²) in [4.78, 5) is 14.1. The maximum atomic E-state index is 12.3. The van der Waals surface area contributed by atoms with Crippen molar-refractivity contribution in [3.8, 4) is 0 Å². The van der Waals surface area contributed by atoms with Crippen LogP contribution in [0.3, 0.4) is 0 Å². The molecule has 1 unspecified atom stereocenters. The number of amides is 1. The summed E-state index contributed by atoms with van der Waals surface area (Å²) in [5.41, 5.74) is 7.31. The van der Waals surface area contributed by atoms with Gasteiger partial charge in [0.25, 0.3) is 0 Å². The van der Waals surface area contributed by atoms with Gasteiger partial charge in [0.15, 0.2) is 0 Å². The highest BCUT2D eigenvalue weighted by atomic mass is 16.2. The molecule has 1 rings (SSSR count). The number of rotatable bonds is 5. The lowest BCUT2D eigenvalue weighted by Crippen LogP contribution is -2.51. The first-order valence-corrected chi connectivity index (χ1v) is 6.68. The molecule has 106 valence electrons. The lowest BCUT2D eigenvalue weighted by Gasteiger charge is -2.31. The SMILES string of the molecule is CCC(C)(C)NC(=O)C(C)N(C)c1ccccc1N. The van der Waals surface area contributed by atoms with E-state index in [-0.39, 0.29) is 17.5 Å². The zero-order valence-electron chi connectivity index (χ0n) is 12.5. The summed E-state index contributed by atoms with van der Waals surface area (Å²) in [5.74, 6) is 0.0117. The summed E-state index contributed by atoms with van der Waals surface area (Å²) < 4.78 is 0. The Morgan fingerprint density at radius 2 is 2.00 bits per heavy atom. The molecule has 0 fully saturated rings. The Labute approximate surface area is 116 Å². The van der Waals surface area contributed by atoms with Gasteiger partial charge in [-0.25, -0.2) is 0 Å². The van der Waals surface area contributed by atoms with Crippen molar-refractivity contribution in [1.29, 1.82) is 0 Å². The van der Waals surface area contributed by atoms with Gasteiger partial charge in [-0.1, -0.05) is 19.1 Å². The molecule has 1 atom stereocenters. The number of carbonyl (C=O) groups is 1. The Kier molecular flexibility index (Phi) is 4.81. The van der Waals surface area contributed by atoms with Gasteiger partial charge in [0.05, 0.1) is 11.4 Å². The van der Waals surface area contributed by atoms with E-state index in [9.17, 15) is 4.79 Å². The fraction of sp³-hybridized carbons (Fsp3) is 0.533. The van der Waals surface area contributed by atoms with Crippen molar-refractivity contribution in [1.82, 2.24) is 5.32 Å². The van der Waals surface area contributed by atoms with Gasteiger partial charge in [-0.05, 0) is 39.3 Å². The standard InChI is InChI=1S/C15H25N3O/c1-6-15(3,4)17-14(19)11(2)18(5)13-10-8-7-9-12(13)16/h7-11H,6,16H2,1-5H3,(H,17,19). The van der Waals surface area contributed by atoms with Gasteiger partial charge >= 0.3 is 0 Å². The number of nitrogens with zero attached hydrogens (tertiary/aromatic N) is 1. The molecule has 1 amide bonds. The third-order valence-electron chi connectivity index (χ3n) is 3.62. The average Bonchev–Trinajstić information content (AvgIpc) is 2.37. The Hall–Kier alpha value is -1.71. The number of nitrogen functional groups attached to an aromatic ring is 1. The molecule has 0 saturated carbocycles. The summed E-state index contributed by atoms with van der Waals surface area (Å²) in [7, 11) is 1.88. The Bertz CT molecular complexity index is 443. The maximum Gasteiger partial charge on any atom is 0.242 e. The van der Waals surface area contributed by atoms with E-state index in [4.69, 9.17) is 5.73 Å². The molecule has 1 aromatic carbocycles. The molecule has 0 saturated heterocycles. The predicted molar refractivity (Wildman–Crippen MR) is 81.2 cm³/mol. The molecule has 3 N–H and O–H groups in total. The molecule has 4 nitrogen and oxygen atoms in total. The summed E-state index contributed by atoms with van der Waals surface area (Å²) in [5, 5.41) is 3.05. The Morgan fingerprint density at radius 1 is 1.42 bits per heavy atom. The van der Waals surface area contributed by atoms with Crippen molar-refractivity contribution >= 4 is 17.3 Å². The van der Waals surface area contributed by atoms with Crippen LogP contribution in [0.1, 0.15) is 34.1 Å². The van der Waals surface area contributed by atoms with E-state index >= 15 is 0 Å². The second-order valence-corrected chi connectivity index (χ2v) is 5.57. The van der Waals surface area contributed by atoms with Crippen molar-refractivity contribution in [2.45, 2.75) is 45.7 Å². The van der Waals surface area contributed by atoms with Crippen LogP contribution in [0.15, 0.2) is 24.3 Å². The highest BCUT2D eigenvalue weighted by Gasteiger charge is 2.25. The minimum atomic E-state index is -0.268. The fourth-order valence-corrected chi connectivity index (χ4v) is 1.72. The number of carbonyl (C=O) groups excluding carboxylic acids is 1. The zero-order chi connectivity index (χ0) is 14.6. The van der Waals surface area contributed by atoms with Gasteiger partial charge in [-0.2, -0.15) is 0 Å². The van der Waals surface area contributed by atoms with Crippen molar-refractivity contribution in [2.24, 2.45) is 0 Å². The maximum absolute atomic E-state index is 12.3. The average molecular weight is 263 g/mol. The molecule has 0 bridgehead atoms. The summed E-state index contributed by atoms with van der Waals surface area (Å²) in [6.07, 6.45) is 0.892. The molecule has 0 aromatic heterocycles. The Balaban J connectivity index is 2.80. The number of benzene rings is 1. The highest BCUT2D eigenvalue weighted by Crippen LogP contribution is 2.23. The van der Waals surface area contributed by atoms with Gasteiger partial charge in [-0.3, -0.25) is 4.79 Å². The largest absolute Gasteiger partial charge is 0.397 e. The van der Waals surface area contributed by atoms with Crippen LogP contribution < -0.4 is 16.0 Å². The van der Waals surface area contributed by atoms with Crippen LogP contribution in [0, 0.1) is 0 Å². The number of hydrogen-bond donors (Lipinski definition) is 2. The molecule has 0 heterocycles. The van der Waals surface area contributed by atoms with E-state index in [0.717, 1.165) is 12.1 Å². The van der Waals surface area contributed by atoms with Gasteiger partial charge in [0.2, 0.25) is 5.91 Å². The van der Waals surface area contributed by atoms with Crippen LogP contribution in [-0.4, -0.2) is 24.5 Å². The fourth-order valence-electron chi connectivity index (χ4n) is 1.72. The molecule has 0 aliphatic carbocycles. The summed E-state index contributed by atoms with van der Waals surface area (Å²) in [6, 6.07) is 7.30. The molecule has 19 heavy (non-hydrogen) atoms. The first-order valence-electron chi connectivity index (χ1n) is 6.68. The third kappa shape index (κ3) is 3.88. The topological polar surface area (TPSA) is 58.4 Å². The van der Waals surface area contributed by atoms with Crippen LogP contribution in [-0.2, 0) is 4.79 Å². The van der Waals surface area contributed by atoms with E-state index in [0.29, 0.717) is 5.69 Å². The van der Waals surface area contributed by atoms with E-state index < -0.39 is 0 Å². The quantitative estimate of drug-likeness (QED) is 0.802. The van der Waals surface area contributed by atoms with E-state index in [1.807, 2.05) is 57.0 Å². The molecule has 0 spiro atoms. The van der Waals surface area contributed by atoms with E-state index in [2.05, 4.69) is 12.2 Å². The van der Waals surface area contributed by atoms with Crippen LogP contribution in [0.2, 0.25) is 0 Å². The molecular weight excluding hydrogens is 238 g/mol. The van der Waals surface area contributed by atoms with Gasteiger partial charge in [0, 0.05) is 12.6 Å². The Morgan fingerprint density at radius 3 is 2.53 bits per heavy atom. The number of likely N-dealkylation sites (N-methyl/N-ethyl adjacent to an activating group) is 1. The summed E-state index contributed by atoms with van der Waals surface area (Å²) in [6.45, 7) is 7.99. The molecule has 1 aromatic rings. The molecular formula is C15H25N3O. The number of nitrogens with one attached hydrogen (secondary N) is 1. The lowest BCUT2D eigenvalue weighted by atomic mass is 10.0. The van der Waals surface area contributed by atoms with E-state index in [1.165, 1.54) is 0 Å². The van der Waals surface area contributed by atoms with Crippen LogP contribution in [0.25, 0.3) is 0 Å². The van der Waals surface area contributed by atoms with Gasteiger partial charge in [-0.15, -0.1) is 0 Å². The normalized spacial score (nSPS) is 12.9. The second kappa shape index (κ2) is 5.95. The first kappa shape index (κ1) is 15.3. The number of anilines is 2. The van der Waals surface area contributed by atoms with Crippen LogP contribution >= 0.6 is 0 Å². The third-order valence-corrected chi connectivity index (χ3v) is 3.62. The number of hydrogen-bond acceptors (Lipinski definition) is 3. The molecule has 0 radical (unpaired) electrons. The lowest BCUT2D eigenvalue weighted by molar-refractivity contribution is -0.123. The monoisotopic (exact) mass is 263 g/mol. The minimum Gasteiger partial charge on any atom is -0.397 e. The van der Waals surface area contributed by atoms with Crippen LogP contribution in [0.5, 0.6) is 0 Å². The predicted octanol–water partition coefficient (Wildman–Crippen LogP) is 2.40. The minimum absolute atomic E-state index is 0.0117. The number of nitrogens with two attached hydrogens (primary N) is 1. The second-order valence-electron chi connectivity index (χ2n) is 5.57. The van der Waals surface area contributed by atoms with Crippen molar-refractivity contribution < 1.29 is 4.79 Å². The van der Waals surface area contributed by atoms with Crippen LogP contribution in [0.4, 0.5) is 11.4 Å². The summed E-state index contributed by atoms with van der Waals surface area (Å²) >= 11 is 0. The van der Waals surface area contributed by atoms with Gasteiger partial charge in [0.1, 0.15) is 6.04 Å². The molecule has 0 aliphatic rings. The molecule has 4 heteroatoms. The van der Waals surface area contributed by atoms with Gasteiger partial charge < -0.3 is 16.0 Å². The first-order chi connectivity index (χ1) is 8.78. The zero-order valence-corrected chi connectivity index (χ0v) is 12.5. The number of para-hydroxylation sites is 2.